The van der Waals surface area contributed by atoms with Crippen LogP contribution in [-0.2, 0) is 14.8 Å². The molecule has 0 aliphatic carbocycles. The molecule has 0 aliphatic rings. The summed E-state index contributed by atoms with van der Waals surface area (Å²) in [4.78, 5) is -1.16. The fraction of sp³-hybridized carbons (Fsp3) is 0.455. The quantitative estimate of drug-likeness (QED) is 0.686. The van der Waals surface area contributed by atoms with Crippen molar-refractivity contribution in [3.8, 4) is 0 Å². The summed E-state index contributed by atoms with van der Waals surface area (Å²) in [6.45, 7) is -0.000692. The van der Waals surface area contributed by atoms with Crippen LogP contribution in [0, 0.1) is 17.5 Å². The first-order valence-electron chi connectivity index (χ1n) is 5.54. The van der Waals surface area contributed by atoms with Gasteiger partial charge in [-0.2, -0.15) is 4.31 Å². The van der Waals surface area contributed by atoms with Gasteiger partial charge in [-0.05, 0) is 0 Å². The van der Waals surface area contributed by atoms with Crippen LogP contribution >= 0.6 is 15.9 Å². The molecule has 9 heteroatoms. The highest BCUT2D eigenvalue weighted by molar-refractivity contribution is 9.09. The summed E-state index contributed by atoms with van der Waals surface area (Å²) < 4.78 is 70.1. The molecular weight excluding hydrogens is 363 g/mol. The topological polar surface area (TPSA) is 46.6 Å². The molecule has 0 spiro atoms. The summed E-state index contributed by atoms with van der Waals surface area (Å²) in [7, 11) is -3.03. The summed E-state index contributed by atoms with van der Waals surface area (Å²) in [6.07, 6.45) is 0. The monoisotopic (exact) mass is 375 g/mol. The van der Waals surface area contributed by atoms with Crippen molar-refractivity contribution in [1.82, 2.24) is 4.31 Å². The number of alkyl halides is 1. The Morgan fingerprint density at radius 3 is 2.20 bits per heavy atom. The van der Waals surface area contributed by atoms with Crippen LogP contribution in [-0.4, -0.2) is 44.9 Å². The molecule has 1 aromatic rings. The number of ether oxygens (including phenoxy) is 1. The van der Waals surface area contributed by atoms with Crippen LogP contribution in [0.4, 0.5) is 13.2 Å². The Labute approximate surface area is 123 Å². The lowest BCUT2D eigenvalue weighted by Crippen LogP contribution is -2.36. The van der Waals surface area contributed by atoms with Gasteiger partial charge in [0.25, 0.3) is 0 Å². The smallest absolute Gasteiger partial charge is 0.249 e. The average Bonchev–Trinajstić information content (AvgIpc) is 2.32. The molecule has 1 aromatic carbocycles. The van der Waals surface area contributed by atoms with Gasteiger partial charge in [-0.1, -0.05) is 15.9 Å². The molecule has 0 saturated carbocycles. The van der Waals surface area contributed by atoms with Crippen LogP contribution in [0.3, 0.4) is 0 Å². The minimum absolute atomic E-state index is 0.00193. The van der Waals surface area contributed by atoms with Gasteiger partial charge in [-0.3, -0.25) is 0 Å². The molecule has 114 valence electrons. The van der Waals surface area contributed by atoms with E-state index >= 15 is 0 Å². The van der Waals surface area contributed by atoms with E-state index in [1.807, 2.05) is 0 Å². The van der Waals surface area contributed by atoms with E-state index in [9.17, 15) is 21.6 Å². The summed E-state index contributed by atoms with van der Waals surface area (Å²) in [6, 6.07) is 0.664. The average molecular weight is 376 g/mol. The molecule has 0 heterocycles. The van der Waals surface area contributed by atoms with Gasteiger partial charge in [0.1, 0.15) is 17.5 Å². The molecule has 0 fully saturated rings. The molecule has 1 rings (SSSR count). The molecule has 0 amide bonds. The summed E-state index contributed by atoms with van der Waals surface area (Å²) in [5.41, 5.74) is 0. The van der Waals surface area contributed by atoms with E-state index in [-0.39, 0.29) is 25.0 Å². The third-order valence-corrected chi connectivity index (χ3v) is 4.75. The summed E-state index contributed by atoms with van der Waals surface area (Å²) in [5.74, 6) is -4.10. The number of nitrogens with zero attached hydrogens (tertiary/aromatic N) is 1. The molecule has 20 heavy (non-hydrogen) atoms. The molecule has 0 aromatic heterocycles. The zero-order valence-electron chi connectivity index (χ0n) is 10.6. The van der Waals surface area contributed by atoms with E-state index in [0.29, 0.717) is 12.1 Å². The maximum atomic E-state index is 13.6. The van der Waals surface area contributed by atoms with Crippen molar-refractivity contribution in [3.63, 3.8) is 0 Å². The van der Waals surface area contributed by atoms with Crippen molar-refractivity contribution in [1.29, 1.82) is 0 Å². The third-order valence-electron chi connectivity index (χ3n) is 2.44. The molecule has 0 atom stereocenters. The van der Waals surface area contributed by atoms with Gasteiger partial charge in [0.2, 0.25) is 10.0 Å². The fourth-order valence-corrected chi connectivity index (χ4v) is 3.72. The Hall–Kier alpha value is -0.640. The summed E-state index contributed by atoms with van der Waals surface area (Å²) >= 11 is 3.06. The van der Waals surface area contributed by atoms with Crippen LogP contribution in [0.5, 0.6) is 0 Å². The van der Waals surface area contributed by atoms with Gasteiger partial charge in [-0.15, -0.1) is 0 Å². The van der Waals surface area contributed by atoms with E-state index in [1.54, 1.807) is 0 Å². The molecule has 0 unspecified atom stereocenters. The minimum Gasteiger partial charge on any atom is -0.383 e. The number of methoxy groups -OCH3 is 1. The number of hydrogen-bond donors (Lipinski definition) is 0. The van der Waals surface area contributed by atoms with Crippen LogP contribution in [0.25, 0.3) is 0 Å². The zero-order chi connectivity index (χ0) is 15.3. The van der Waals surface area contributed by atoms with E-state index in [0.717, 1.165) is 4.31 Å². The Balaban J connectivity index is 3.26. The second-order valence-corrected chi connectivity index (χ2v) is 6.45. The Morgan fingerprint density at radius 1 is 1.20 bits per heavy atom. The van der Waals surface area contributed by atoms with Crippen molar-refractivity contribution >= 4 is 26.0 Å². The van der Waals surface area contributed by atoms with E-state index in [2.05, 4.69) is 15.9 Å². The van der Waals surface area contributed by atoms with Gasteiger partial charge in [-0.25, -0.2) is 21.6 Å². The number of hydrogen-bond acceptors (Lipinski definition) is 3. The second-order valence-electron chi connectivity index (χ2n) is 3.78. The molecule has 0 radical (unpaired) electrons. The third kappa shape index (κ3) is 3.94. The lowest BCUT2D eigenvalue weighted by molar-refractivity contribution is 0.180. The Kier molecular flexibility index (Phi) is 6.44. The standard InChI is InChI=1S/C11H13BrF3NO3S/c1-19-5-4-16(3-2-12)20(17,18)11-9(14)6-8(13)7-10(11)15/h6-7H,2-5H2,1H3. The van der Waals surface area contributed by atoms with E-state index in [4.69, 9.17) is 4.74 Å². The Morgan fingerprint density at radius 2 is 1.75 bits per heavy atom. The minimum atomic E-state index is -4.41. The lowest BCUT2D eigenvalue weighted by Gasteiger charge is -2.21. The van der Waals surface area contributed by atoms with E-state index < -0.39 is 32.4 Å². The molecule has 0 N–H and O–H groups in total. The van der Waals surface area contributed by atoms with Crippen molar-refractivity contribution in [2.75, 3.05) is 32.1 Å². The van der Waals surface area contributed by atoms with Crippen LogP contribution in [0.15, 0.2) is 17.0 Å². The Bertz CT molecular complexity index is 545. The first-order chi connectivity index (χ1) is 9.34. The molecule has 0 bridgehead atoms. The first kappa shape index (κ1) is 17.4. The lowest BCUT2D eigenvalue weighted by atomic mass is 10.3. The predicted octanol–water partition coefficient (Wildman–Crippen LogP) is 2.14. The number of halogens is 4. The van der Waals surface area contributed by atoms with Crippen molar-refractivity contribution in [2.45, 2.75) is 4.90 Å². The molecular formula is C11H13BrF3NO3S. The van der Waals surface area contributed by atoms with E-state index in [1.165, 1.54) is 7.11 Å². The van der Waals surface area contributed by atoms with Gasteiger partial charge in [0.15, 0.2) is 4.90 Å². The normalized spacial score (nSPS) is 12.1. The number of sulfonamides is 1. The van der Waals surface area contributed by atoms with Crippen molar-refractivity contribution < 1.29 is 26.3 Å². The van der Waals surface area contributed by atoms with Crippen molar-refractivity contribution in [3.05, 3.63) is 29.6 Å². The highest BCUT2D eigenvalue weighted by Gasteiger charge is 2.30. The van der Waals surface area contributed by atoms with Crippen LogP contribution in [0.2, 0.25) is 0 Å². The zero-order valence-corrected chi connectivity index (χ0v) is 13.0. The predicted molar refractivity (Wildman–Crippen MR) is 70.7 cm³/mol. The van der Waals surface area contributed by atoms with Crippen LogP contribution < -0.4 is 0 Å². The SMILES string of the molecule is COCCN(CCBr)S(=O)(=O)c1c(F)cc(F)cc1F. The maximum Gasteiger partial charge on any atom is 0.249 e. The van der Waals surface area contributed by atoms with Gasteiger partial charge < -0.3 is 4.74 Å². The maximum absolute atomic E-state index is 13.6. The van der Waals surface area contributed by atoms with Gasteiger partial charge in [0, 0.05) is 37.7 Å². The number of rotatable bonds is 7. The highest BCUT2D eigenvalue weighted by atomic mass is 79.9. The van der Waals surface area contributed by atoms with Gasteiger partial charge in [0.05, 0.1) is 6.61 Å². The molecule has 4 nitrogen and oxygen atoms in total. The molecule has 0 aliphatic heterocycles. The largest absolute Gasteiger partial charge is 0.383 e. The number of benzene rings is 1. The first-order valence-corrected chi connectivity index (χ1v) is 8.10. The molecule has 0 saturated heterocycles. The fourth-order valence-electron chi connectivity index (χ4n) is 1.54. The summed E-state index contributed by atoms with van der Waals surface area (Å²) in [5, 5.41) is 0.278. The van der Waals surface area contributed by atoms with Gasteiger partial charge >= 0.3 is 0 Å². The van der Waals surface area contributed by atoms with Crippen LogP contribution in [0.1, 0.15) is 0 Å². The highest BCUT2D eigenvalue weighted by Crippen LogP contribution is 2.23. The second kappa shape index (κ2) is 7.39. The van der Waals surface area contributed by atoms with Crippen molar-refractivity contribution in [2.24, 2.45) is 0 Å².